The van der Waals surface area contributed by atoms with Gasteiger partial charge in [-0.2, -0.15) is 13.9 Å². The second kappa shape index (κ2) is 8.04. The number of nitrogens with one attached hydrogen (secondary N) is 1. The number of halogens is 2. The van der Waals surface area contributed by atoms with E-state index in [1.807, 2.05) is 17.7 Å². The van der Waals surface area contributed by atoms with Gasteiger partial charge in [-0.15, -0.1) is 11.3 Å². The predicted octanol–water partition coefficient (Wildman–Crippen LogP) is 4.59. The molecule has 144 valence electrons. The minimum absolute atomic E-state index is 0.0626. The summed E-state index contributed by atoms with van der Waals surface area (Å²) in [5.74, 6) is 0.254. The van der Waals surface area contributed by atoms with Gasteiger partial charge in [0.25, 0.3) is 5.91 Å². The summed E-state index contributed by atoms with van der Waals surface area (Å²) in [6, 6.07) is 8.25. The zero-order valence-corrected chi connectivity index (χ0v) is 16.1. The molecule has 0 fully saturated rings. The third-order valence-electron chi connectivity index (χ3n) is 4.00. The number of para-hydroxylation sites is 1. The maximum Gasteiger partial charge on any atom is 0.387 e. The SMILES string of the molecule is Cc1nn(CC(C)C)c2sc(C(=O)NCc3ccccc3OC(F)F)cc12. The molecule has 0 aliphatic carbocycles. The van der Waals surface area contributed by atoms with Crippen LogP contribution in [0.4, 0.5) is 8.78 Å². The molecule has 0 aliphatic rings. The third-order valence-corrected chi connectivity index (χ3v) is 5.14. The first-order valence-electron chi connectivity index (χ1n) is 8.63. The number of alkyl halides is 2. The van der Waals surface area contributed by atoms with E-state index in [0.29, 0.717) is 16.4 Å². The third kappa shape index (κ3) is 4.44. The first-order chi connectivity index (χ1) is 12.8. The van der Waals surface area contributed by atoms with E-state index in [-0.39, 0.29) is 18.2 Å². The van der Waals surface area contributed by atoms with Gasteiger partial charge in [-0.3, -0.25) is 9.48 Å². The Hall–Kier alpha value is -2.48. The fourth-order valence-electron chi connectivity index (χ4n) is 2.82. The highest BCUT2D eigenvalue weighted by Crippen LogP contribution is 2.29. The first kappa shape index (κ1) is 19.3. The van der Waals surface area contributed by atoms with Gasteiger partial charge in [-0.1, -0.05) is 32.0 Å². The maximum absolute atomic E-state index is 12.5. The van der Waals surface area contributed by atoms with Crippen LogP contribution in [0.5, 0.6) is 5.75 Å². The highest BCUT2D eigenvalue weighted by atomic mass is 32.1. The Labute approximate surface area is 159 Å². The van der Waals surface area contributed by atoms with E-state index in [1.165, 1.54) is 17.4 Å². The van der Waals surface area contributed by atoms with Gasteiger partial charge in [-0.25, -0.2) is 0 Å². The molecule has 2 aromatic heterocycles. The Balaban J connectivity index is 1.75. The van der Waals surface area contributed by atoms with E-state index >= 15 is 0 Å². The average Bonchev–Trinajstić information content (AvgIpc) is 3.15. The molecule has 1 aromatic carbocycles. The fourth-order valence-corrected chi connectivity index (χ4v) is 3.90. The van der Waals surface area contributed by atoms with E-state index < -0.39 is 6.61 Å². The number of ether oxygens (including phenoxy) is 1. The Morgan fingerprint density at radius 2 is 2.07 bits per heavy atom. The van der Waals surface area contributed by atoms with Gasteiger partial charge in [-0.05, 0) is 25.0 Å². The van der Waals surface area contributed by atoms with Crippen molar-refractivity contribution in [3.05, 3.63) is 46.5 Å². The molecule has 3 aromatic rings. The predicted molar refractivity (Wildman–Crippen MR) is 101 cm³/mol. The molecule has 0 spiro atoms. The molecule has 1 N–H and O–H groups in total. The summed E-state index contributed by atoms with van der Waals surface area (Å²) in [7, 11) is 0. The van der Waals surface area contributed by atoms with Gasteiger partial charge in [0, 0.05) is 24.0 Å². The van der Waals surface area contributed by atoms with E-state index in [2.05, 4.69) is 29.0 Å². The van der Waals surface area contributed by atoms with Gasteiger partial charge in [0.2, 0.25) is 0 Å². The Bertz CT molecular complexity index is 950. The van der Waals surface area contributed by atoms with Crippen molar-refractivity contribution in [2.24, 2.45) is 5.92 Å². The summed E-state index contributed by atoms with van der Waals surface area (Å²) in [6.45, 7) is 4.13. The van der Waals surface area contributed by atoms with Gasteiger partial charge in [0.05, 0.1) is 10.6 Å². The summed E-state index contributed by atoms with van der Waals surface area (Å²) in [6.07, 6.45) is 0. The number of aryl methyl sites for hydroxylation is 1. The van der Waals surface area contributed by atoms with Crippen LogP contribution in [0.25, 0.3) is 10.2 Å². The van der Waals surface area contributed by atoms with Crippen molar-refractivity contribution < 1.29 is 18.3 Å². The van der Waals surface area contributed by atoms with Crippen LogP contribution in [-0.4, -0.2) is 22.3 Å². The van der Waals surface area contributed by atoms with E-state index in [1.54, 1.807) is 18.2 Å². The monoisotopic (exact) mass is 393 g/mol. The van der Waals surface area contributed by atoms with Gasteiger partial charge >= 0.3 is 6.61 Å². The zero-order valence-electron chi connectivity index (χ0n) is 15.3. The lowest BCUT2D eigenvalue weighted by Crippen LogP contribution is -2.22. The van der Waals surface area contributed by atoms with Crippen LogP contribution in [0.15, 0.2) is 30.3 Å². The van der Waals surface area contributed by atoms with Crippen molar-refractivity contribution in [2.75, 3.05) is 0 Å². The largest absolute Gasteiger partial charge is 0.434 e. The zero-order chi connectivity index (χ0) is 19.6. The number of rotatable bonds is 7. The lowest BCUT2D eigenvalue weighted by Gasteiger charge is -2.11. The lowest BCUT2D eigenvalue weighted by molar-refractivity contribution is -0.0504. The highest BCUT2D eigenvalue weighted by molar-refractivity contribution is 7.20. The molecule has 1 amide bonds. The number of nitrogens with zero attached hydrogens (tertiary/aromatic N) is 2. The number of thiophene rings is 1. The number of carbonyl (C=O) groups is 1. The van der Waals surface area contributed by atoms with Crippen LogP contribution in [0.3, 0.4) is 0 Å². The van der Waals surface area contributed by atoms with Gasteiger partial charge in [0.1, 0.15) is 10.6 Å². The van der Waals surface area contributed by atoms with Crippen molar-refractivity contribution >= 4 is 27.5 Å². The average molecular weight is 393 g/mol. The molecular formula is C19H21F2N3O2S. The van der Waals surface area contributed by atoms with Crippen molar-refractivity contribution in [1.29, 1.82) is 0 Å². The van der Waals surface area contributed by atoms with E-state index in [0.717, 1.165) is 22.5 Å². The van der Waals surface area contributed by atoms with Crippen LogP contribution in [0.2, 0.25) is 0 Å². The Morgan fingerprint density at radius 1 is 1.33 bits per heavy atom. The van der Waals surface area contributed by atoms with Crippen LogP contribution in [-0.2, 0) is 13.1 Å². The topological polar surface area (TPSA) is 56.2 Å². The van der Waals surface area contributed by atoms with Crippen LogP contribution in [0, 0.1) is 12.8 Å². The molecule has 0 saturated heterocycles. The van der Waals surface area contributed by atoms with Gasteiger partial charge < -0.3 is 10.1 Å². The molecule has 0 unspecified atom stereocenters. The standard InChI is InChI=1S/C19H21F2N3O2S/c1-11(2)10-24-18-14(12(3)23-24)8-16(27-18)17(25)22-9-13-6-4-5-7-15(13)26-19(20)21/h4-8,11,19H,9-10H2,1-3H3,(H,22,25). The summed E-state index contributed by atoms with van der Waals surface area (Å²) < 4.78 is 31.4. The number of carbonyl (C=O) groups excluding carboxylic acids is 1. The first-order valence-corrected chi connectivity index (χ1v) is 9.44. The molecule has 0 aliphatic heterocycles. The van der Waals surface area contributed by atoms with Crippen molar-refractivity contribution in [3.63, 3.8) is 0 Å². The smallest absolute Gasteiger partial charge is 0.387 e. The van der Waals surface area contributed by atoms with Crippen molar-refractivity contribution in [2.45, 2.75) is 40.5 Å². The van der Waals surface area contributed by atoms with Crippen LogP contribution in [0.1, 0.15) is 34.8 Å². The fraction of sp³-hybridized carbons (Fsp3) is 0.368. The molecule has 2 heterocycles. The van der Waals surface area contributed by atoms with E-state index in [9.17, 15) is 13.6 Å². The van der Waals surface area contributed by atoms with Crippen molar-refractivity contribution in [3.8, 4) is 5.75 Å². The molecule has 8 heteroatoms. The summed E-state index contributed by atoms with van der Waals surface area (Å²) in [4.78, 5) is 14.1. The van der Waals surface area contributed by atoms with Crippen LogP contribution >= 0.6 is 11.3 Å². The number of benzene rings is 1. The number of hydrogen-bond donors (Lipinski definition) is 1. The van der Waals surface area contributed by atoms with Gasteiger partial charge in [0.15, 0.2) is 0 Å². The molecule has 0 bridgehead atoms. The number of amides is 1. The minimum atomic E-state index is -2.91. The maximum atomic E-state index is 12.5. The highest BCUT2D eigenvalue weighted by Gasteiger charge is 2.17. The second-order valence-corrected chi connectivity index (χ2v) is 7.69. The van der Waals surface area contributed by atoms with Crippen molar-refractivity contribution in [1.82, 2.24) is 15.1 Å². The lowest BCUT2D eigenvalue weighted by atomic mass is 10.2. The number of fused-ring (bicyclic) bond motifs is 1. The summed E-state index contributed by atoms with van der Waals surface area (Å²) in [5, 5.41) is 8.27. The molecule has 0 saturated carbocycles. The molecule has 27 heavy (non-hydrogen) atoms. The summed E-state index contributed by atoms with van der Waals surface area (Å²) >= 11 is 1.38. The molecule has 3 rings (SSSR count). The quantitative estimate of drug-likeness (QED) is 0.639. The summed E-state index contributed by atoms with van der Waals surface area (Å²) in [5.41, 5.74) is 1.38. The molecular weight excluding hydrogens is 372 g/mol. The number of aromatic nitrogens is 2. The molecule has 0 radical (unpaired) electrons. The number of hydrogen-bond acceptors (Lipinski definition) is 4. The molecule has 0 atom stereocenters. The Morgan fingerprint density at radius 3 is 2.78 bits per heavy atom. The minimum Gasteiger partial charge on any atom is -0.434 e. The molecule has 5 nitrogen and oxygen atoms in total. The second-order valence-electron chi connectivity index (χ2n) is 6.66. The Kier molecular flexibility index (Phi) is 5.74. The van der Waals surface area contributed by atoms with E-state index in [4.69, 9.17) is 0 Å². The van der Waals surface area contributed by atoms with Crippen LogP contribution < -0.4 is 10.1 Å². The normalized spacial score (nSPS) is 11.5.